The average Bonchev–Trinajstić information content (AvgIpc) is 2.99. The van der Waals surface area contributed by atoms with E-state index in [4.69, 9.17) is 0 Å². The van der Waals surface area contributed by atoms with Crippen LogP contribution in [0.4, 0.5) is 5.69 Å². The van der Waals surface area contributed by atoms with Gasteiger partial charge in [0.25, 0.3) is 5.91 Å². The minimum absolute atomic E-state index is 0.201. The van der Waals surface area contributed by atoms with Crippen molar-refractivity contribution in [2.45, 2.75) is 46.1 Å². The number of amides is 1. The Morgan fingerprint density at radius 3 is 2.48 bits per heavy atom. The van der Waals surface area contributed by atoms with E-state index in [-0.39, 0.29) is 11.8 Å². The second kappa shape index (κ2) is 7.49. The lowest BCUT2D eigenvalue weighted by Crippen LogP contribution is -2.42. The topological polar surface area (TPSA) is 69.6 Å². The number of carbonyl (C=O) groups excluding carboxylic acids is 1. The highest BCUT2D eigenvalue weighted by Crippen LogP contribution is 2.26. The van der Waals surface area contributed by atoms with Gasteiger partial charge in [0.15, 0.2) is 0 Å². The molecular formula is C18H26N2O3. The first-order chi connectivity index (χ1) is 10.9. The van der Waals surface area contributed by atoms with Crippen molar-refractivity contribution >= 4 is 17.6 Å². The molecule has 5 nitrogen and oxygen atoms in total. The van der Waals surface area contributed by atoms with Crippen LogP contribution in [0.5, 0.6) is 0 Å². The summed E-state index contributed by atoms with van der Waals surface area (Å²) < 4.78 is 0. The van der Waals surface area contributed by atoms with Gasteiger partial charge in [-0.05, 0) is 44.2 Å². The maximum Gasteiger partial charge on any atom is 0.326 e. The quantitative estimate of drug-likeness (QED) is 0.846. The van der Waals surface area contributed by atoms with Gasteiger partial charge >= 0.3 is 5.97 Å². The summed E-state index contributed by atoms with van der Waals surface area (Å²) >= 11 is 0. The number of carbonyl (C=O) groups is 2. The van der Waals surface area contributed by atoms with Crippen molar-refractivity contribution in [3.05, 3.63) is 29.3 Å². The molecule has 2 rings (SSSR count). The lowest BCUT2D eigenvalue weighted by molar-refractivity contribution is -0.139. The molecule has 0 aliphatic carbocycles. The molecular weight excluding hydrogens is 292 g/mol. The van der Waals surface area contributed by atoms with Crippen molar-refractivity contribution in [3.8, 4) is 0 Å². The van der Waals surface area contributed by atoms with Crippen LogP contribution in [0.3, 0.4) is 0 Å². The van der Waals surface area contributed by atoms with Crippen LogP contribution < -0.4 is 10.2 Å². The second-order valence-corrected chi connectivity index (χ2v) is 6.71. The SMILES string of the molecule is Cc1ccc(N2CCCC2)c(C(=O)N[C@H](CC(C)C)C(=O)O)c1. The maximum absolute atomic E-state index is 12.7. The number of benzene rings is 1. The molecule has 2 N–H and O–H groups in total. The first kappa shape index (κ1) is 17.3. The standard InChI is InChI=1S/C18H26N2O3/c1-12(2)10-15(18(22)23)19-17(21)14-11-13(3)6-7-16(14)20-8-4-5-9-20/h6-7,11-12,15H,4-5,8-10H2,1-3H3,(H,19,21)(H,22,23)/t15-/m1/s1. The van der Waals surface area contributed by atoms with E-state index in [1.54, 1.807) is 0 Å². The highest BCUT2D eigenvalue weighted by atomic mass is 16.4. The maximum atomic E-state index is 12.7. The Labute approximate surface area is 137 Å². The number of nitrogens with one attached hydrogen (secondary N) is 1. The van der Waals surface area contributed by atoms with Gasteiger partial charge in [-0.15, -0.1) is 0 Å². The fraction of sp³-hybridized carbons (Fsp3) is 0.556. The third-order valence-corrected chi connectivity index (χ3v) is 4.15. The zero-order valence-corrected chi connectivity index (χ0v) is 14.1. The van der Waals surface area contributed by atoms with Gasteiger partial charge in [-0.2, -0.15) is 0 Å². The number of carboxylic acids is 1. The van der Waals surface area contributed by atoms with Crippen LogP contribution in [0.2, 0.25) is 0 Å². The summed E-state index contributed by atoms with van der Waals surface area (Å²) in [5, 5.41) is 12.0. The molecule has 0 unspecified atom stereocenters. The summed E-state index contributed by atoms with van der Waals surface area (Å²) in [5.41, 5.74) is 2.47. The number of anilines is 1. The third-order valence-electron chi connectivity index (χ3n) is 4.15. The molecule has 0 aromatic heterocycles. The highest BCUT2D eigenvalue weighted by Gasteiger charge is 2.25. The zero-order chi connectivity index (χ0) is 17.0. The van der Waals surface area contributed by atoms with Crippen LogP contribution in [-0.2, 0) is 4.79 Å². The number of nitrogens with zero attached hydrogens (tertiary/aromatic N) is 1. The van der Waals surface area contributed by atoms with E-state index in [0.717, 1.165) is 37.2 Å². The summed E-state index contributed by atoms with van der Waals surface area (Å²) in [7, 11) is 0. The summed E-state index contributed by atoms with van der Waals surface area (Å²) in [4.78, 5) is 26.3. The van der Waals surface area contributed by atoms with Gasteiger partial charge in [0.05, 0.1) is 5.56 Å². The van der Waals surface area contributed by atoms with Gasteiger partial charge in [-0.25, -0.2) is 4.79 Å². The van der Waals surface area contributed by atoms with Crippen molar-refractivity contribution in [1.82, 2.24) is 5.32 Å². The predicted octanol–water partition coefficient (Wildman–Crippen LogP) is 2.82. The lowest BCUT2D eigenvalue weighted by Gasteiger charge is -2.23. The van der Waals surface area contributed by atoms with Gasteiger partial charge in [0.1, 0.15) is 6.04 Å². The van der Waals surface area contributed by atoms with E-state index >= 15 is 0 Å². The molecule has 1 fully saturated rings. The van der Waals surface area contributed by atoms with Crippen LogP contribution in [0.15, 0.2) is 18.2 Å². The van der Waals surface area contributed by atoms with Gasteiger partial charge < -0.3 is 15.3 Å². The van der Waals surface area contributed by atoms with E-state index < -0.39 is 12.0 Å². The van der Waals surface area contributed by atoms with Crippen molar-refractivity contribution in [2.75, 3.05) is 18.0 Å². The summed E-state index contributed by atoms with van der Waals surface area (Å²) in [6.07, 6.45) is 2.67. The van der Waals surface area contributed by atoms with Crippen molar-refractivity contribution in [1.29, 1.82) is 0 Å². The lowest BCUT2D eigenvalue weighted by atomic mass is 10.0. The minimum Gasteiger partial charge on any atom is -0.480 e. The van der Waals surface area contributed by atoms with E-state index in [1.165, 1.54) is 0 Å². The molecule has 0 radical (unpaired) electrons. The fourth-order valence-electron chi connectivity index (χ4n) is 2.99. The predicted molar refractivity (Wildman–Crippen MR) is 91.0 cm³/mol. The van der Waals surface area contributed by atoms with Crippen LogP contribution in [0, 0.1) is 12.8 Å². The molecule has 1 atom stereocenters. The van der Waals surface area contributed by atoms with Crippen molar-refractivity contribution in [3.63, 3.8) is 0 Å². The monoisotopic (exact) mass is 318 g/mol. The molecule has 1 saturated heterocycles. The number of hydrogen-bond acceptors (Lipinski definition) is 3. The minimum atomic E-state index is -0.984. The molecule has 0 saturated carbocycles. The largest absolute Gasteiger partial charge is 0.480 e. The zero-order valence-electron chi connectivity index (χ0n) is 14.1. The number of hydrogen-bond donors (Lipinski definition) is 2. The van der Waals surface area contributed by atoms with Crippen molar-refractivity contribution in [2.24, 2.45) is 5.92 Å². The molecule has 1 aromatic carbocycles. The Morgan fingerprint density at radius 2 is 1.91 bits per heavy atom. The Hall–Kier alpha value is -2.04. The summed E-state index contributed by atoms with van der Waals surface area (Å²) in [6, 6.07) is 4.95. The van der Waals surface area contributed by atoms with Gasteiger partial charge in [0, 0.05) is 18.8 Å². The Kier molecular flexibility index (Phi) is 5.64. The fourth-order valence-corrected chi connectivity index (χ4v) is 2.99. The molecule has 0 bridgehead atoms. The molecule has 1 amide bonds. The number of rotatable bonds is 6. The van der Waals surface area contributed by atoms with Gasteiger partial charge in [0.2, 0.25) is 0 Å². The Morgan fingerprint density at radius 1 is 1.26 bits per heavy atom. The second-order valence-electron chi connectivity index (χ2n) is 6.71. The van der Waals surface area contributed by atoms with Crippen LogP contribution in [0.1, 0.15) is 49.0 Å². The highest BCUT2D eigenvalue weighted by molar-refractivity contribution is 6.01. The Balaban J connectivity index is 2.23. The number of carboxylic acid groups (broad SMARTS) is 1. The molecule has 126 valence electrons. The van der Waals surface area contributed by atoms with E-state index in [0.29, 0.717) is 12.0 Å². The molecule has 1 aliphatic rings. The molecule has 1 aromatic rings. The van der Waals surface area contributed by atoms with Crippen LogP contribution in [-0.4, -0.2) is 36.1 Å². The third kappa shape index (κ3) is 4.47. The molecule has 23 heavy (non-hydrogen) atoms. The first-order valence-electron chi connectivity index (χ1n) is 8.27. The molecule has 5 heteroatoms. The molecule has 1 heterocycles. The number of aliphatic carboxylic acids is 1. The summed E-state index contributed by atoms with van der Waals surface area (Å²) in [5.74, 6) is -1.09. The Bertz CT molecular complexity index is 578. The first-order valence-corrected chi connectivity index (χ1v) is 8.27. The van der Waals surface area contributed by atoms with Crippen LogP contribution >= 0.6 is 0 Å². The molecule has 0 spiro atoms. The number of aryl methyl sites for hydroxylation is 1. The van der Waals surface area contributed by atoms with E-state index in [2.05, 4.69) is 10.2 Å². The van der Waals surface area contributed by atoms with E-state index in [9.17, 15) is 14.7 Å². The molecule has 1 aliphatic heterocycles. The van der Waals surface area contributed by atoms with Crippen LogP contribution in [0.25, 0.3) is 0 Å². The normalized spacial score (nSPS) is 15.7. The van der Waals surface area contributed by atoms with Gasteiger partial charge in [-0.1, -0.05) is 25.5 Å². The van der Waals surface area contributed by atoms with Gasteiger partial charge in [-0.3, -0.25) is 4.79 Å². The smallest absolute Gasteiger partial charge is 0.326 e. The average molecular weight is 318 g/mol. The van der Waals surface area contributed by atoms with E-state index in [1.807, 2.05) is 39.0 Å². The summed E-state index contributed by atoms with van der Waals surface area (Å²) in [6.45, 7) is 7.72. The van der Waals surface area contributed by atoms with Crippen molar-refractivity contribution < 1.29 is 14.7 Å².